The highest BCUT2D eigenvalue weighted by Gasteiger charge is 2.32. The molecule has 3 atom stereocenters. The van der Waals surface area contributed by atoms with E-state index in [4.69, 9.17) is 4.74 Å². The van der Waals surface area contributed by atoms with Gasteiger partial charge in [0.1, 0.15) is 0 Å². The molecule has 0 radical (unpaired) electrons. The molecule has 0 amide bonds. The van der Waals surface area contributed by atoms with Crippen molar-refractivity contribution in [3.8, 4) is 0 Å². The maximum absolute atomic E-state index is 5.43. The summed E-state index contributed by atoms with van der Waals surface area (Å²) in [7, 11) is 1.84. The van der Waals surface area contributed by atoms with E-state index in [0.29, 0.717) is 12.1 Å². The third-order valence-corrected chi connectivity index (χ3v) is 3.71. The maximum Gasteiger partial charge on any atom is 0.0586 e. The van der Waals surface area contributed by atoms with E-state index in [1.807, 2.05) is 7.11 Å². The van der Waals surface area contributed by atoms with Crippen LogP contribution in [0.25, 0.3) is 0 Å². The molecule has 82 valence electrons. The minimum atomic E-state index is 0.516. The third kappa shape index (κ3) is 2.10. The molecule has 0 aromatic carbocycles. The summed E-state index contributed by atoms with van der Waals surface area (Å²) in [5, 5.41) is 3.44. The van der Waals surface area contributed by atoms with E-state index in [0.717, 1.165) is 19.1 Å². The zero-order valence-corrected chi connectivity index (χ0v) is 9.33. The summed E-state index contributed by atoms with van der Waals surface area (Å²) < 4.78 is 5.43. The lowest BCUT2D eigenvalue weighted by atomic mass is 10.1. The summed E-state index contributed by atoms with van der Waals surface area (Å²) in [6, 6.07) is 1.47. The normalized spacial score (nSPS) is 40.3. The molecule has 0 bridgehead atoms. The van der Waals surface area contributed by atoms with Crippen LogP contribution in [0.2, 0.25) is 0 Å². The first-order valence-electron chi connectivity index (χ1n) is 5.80. The van der Waals surface area contributed by atoms with Crippen molar-refractivity contribution < 1.29 is 4.74 Å². The Labute approximate surface area is 86.8 Å². The molecule has 0 aromatic rings. The quantitative estimate of drug-likeness (QED) is 0.712. The Kier molecular flexibility index (Phi) is 3.42. The number of ether oxygens (including phenoxy) is 1. The highest BCUT2D eigenvalue weighted by molar-refractivity contribution is 4.88. The van der Waals surface area contributed by atoms with Crippen molar-refractivity contribution in [3.05, 3.63) is 0 Å². The van der Waals surface area contributed by atoms with Gasteiger partial charge in [0.25, 0.3) is 0 Å². The van der Waals surface area contributed by atoms with Crippen LogP contribution in [0.3, 0.4) is 0 Å². The predicted octanol–water partition coefficient (Wildman–Crippen LogP) is 0.848. The van der Waals surface area contributed by atoms with E-state index in [-0.39, 0.29) is 0 Å². The molecule has 3 nitrogen and oxygen atoms in total. The van der Waals surface area contributed by atoms with Gasteiger partial charge in [-0.15, -0.1) is 0 Å². The highest BCUT2D eigenvalue weighted by atomic mass is 16.5. The van der Waals surface area contributed by atoms with Crippen LogP contribution in [0.15, 0.2) is 0 Å². The average Bonchev–Trinajstić information content (AvgIpc) is 2.67. The zero-order chi connectivity index (χ0) is 9.97. The molecule has 1 saturated heterocycles. The van der Waals surface area contributed by atoms with Crippen molar-refractivity contribution in [3.63, 3.8) is 0 Å². The minimum Gasteiger partial charge on any atom is -0.381 e. The van der Waals surface area contributed by atoms with Crippen molar-refractivity contribution in [1.82, 2.24) is 10.2 Å². The third-order valence-electron chi connectivity index (χ3n) is 3.71. The summed E-state index contributed by atoms with van der Waals surface area (Å²) in [5.41, 5.74) is 0. The van der Waals surface area contributed by atoms with Crippen LogP contribution in [0, 0.1) is 0 Å². The fourth-order valence-corrected chi connectivity index (χ4v) is 2.83. The molecular formula is C11H22N2O. The SMILES string of the molecule is COC1CCC(N2CCNCC2C)C1. The monoisotopic (exact) mass is 198 g/mol. The number of rotatable bonds is 2. The topological polar surface area (TPSA) is 24.5 Å². The Morgan fingerprint density at radius 1 is 1.36 bits per heavy atom. The second-order valence-electron chi connectivity index (χ2n) is 4.62. The highest BCUT2D eigenvalue weighted by Crippen LogP contribution is 2.27. The molecule has 14 heavy (non-hydrogen) atoms. The Morgan fingerprint density at radius 3 is 2.86 bits per heavy atom. The first-order valence-corrected chi connectivity index (χ1v) is 5.80. The number of methoxy groups -OCH3 is 1. The lowest BCUT2D eigenvalue weighted by Gasteiger charge is -2.38. The van der Waals surface area contributed by atoms with Gasteiger partial charge >= 0.3 is 0 Å². The van der Waals surface area contributed by atoms with Gasteiger partial charge in [0.2, 0.25) is 0 Å². The second-order valence-corrected chi connectivity index (χ2v) is 4.62. The van der Waals surface area contributed by atoms with Crippen LogP contribution in [-0.2, 0) is 4.74 Å². The van der Waals surface area contributed by atoms with E-state index < -0.39 is 0 Å². The summed E-state index contributed by atoms with van der Waals surface area (Å²) in [4.78, 5) is 2.66. The summed E-state index contributed by atoms with van der Waals surface area (Å²) >= 11 is 0. The van der Waals surface area contributed by atoms with Crippen LogP contribution in [0.4, 0.5) is 0 Å². The lowest BCUT2D eigenvalue weighted by molar-refractivity contribution is 0.0803. The van der Waals surface area contributed by atoms with Gasteiger partial charge in [-0.25, -0.2) is 0 Å². The molecule has 0 spiro atoms. The summed E-state index contributed by atoms with van der Waals surface area (Å²) in [5.74, 6) is 0. The van der Waals surface area contributed by atoms with Crippen molar-refractivity contribution >= 4 is 0 Å². The van der Waals surface area contributed by atoms with Gasteiger partial charge in [-0.05, 0) is 26.2 Å². The van der Waals surface area contributed by atoms with Crippen molar-refractivity contribution in [2.45, 2.75) is 44.4 Å². The maximum atomic E-state index is 5.43. The molecule has 1 saturated carbocycles. The van der Waals surface area contributed by atoms with Crippen LogP contribution < -0.4 is 5.32 Å². The van der Waals surface area contributed by atoms with Gasteiger partial charge < -0.3 is 10.1 Å². The molecule has 2 aliphatic rings. The van der Waals surface area contributed by atoms with Crippen LogP contribution in [0.5, 0.6) is 0 Å². The van der Waals surface area contributed by atoms with Crippen molar-refractivity contribution in [2.75, 3.05) is 26.7 Å². The number of nitrogens with one attached hydrogen (secondary N) is 1. The van der Waals surface area contributed by atoms with Gasteiger partial charge in [0.15, 0.2) is 0 Å². The Balaban J connectivity index is 1.88. The van der Waals surface area contributed by atoms with E-state index >= 15 is 0 Å². The fourth-order valence-electron chi connectivity index (χ4n) is 2.83. The van der Waals surface area contributed by atoms with Gasteiger partial charge in [-0.2, -0.15) is 0 Å². The number of piperazine rings is 1. The molecule has 2 fully saturated rings. The number of nitrogens with zero attached hydrogens (tertiary/aromatic N) is 1. The Bertz CT molecular complexity index is 186. The van der Waals surface area contributed by atoms with E-state index in [1.165, 1.54) is 25.8 Å². The standard InChI is InChI=1S/C11H22N2O/c1-9-8-12-5-6-13(9)10-3-4-11(7-10)14-2/h9-12H,3-8H2,1-2H3. The van der Waals surface area contributed by atoms with Gasteiger partial charge in [0.05, 0.1) is 6.10 Å². The van der Waals surface area contributed by atoms with Crippen molar-refractivity contribution in [2.24, 2.45) is 0 Å². The van der Waals surface area contributed by atoms with Crippen molar-refractivity contribution in [1.29, 1.82) is 0 Å². The first-order chi connectivity index (χ1) is 6.81. The minimum absolute atomic E-state index is 0.516. The number of hydrogen-bond acceptors (Lipinski definition) is 3. The smallest absolute Gasteiger partial charge is 0.0586 e. The van der Waals surface area contributed by atoms with Gasteiger partial charge in [-0.3, -0.25) is 4.90 Å². The van der Waals surface area contributed by atoms with E-state index in [9.17, 15) is 0 Å². The van der Waals surface area contributed by atoms with Crippen LogP contribution in [0.1, 0.15) is 26.2 Å². The van der Waals surface area contributed by atoms with E-state index in [1.54, 1.807) is 0 Å². The Morgan fingerprint density at radius 2 is 2.21 bits per heavy atom. The molecule has 1 heterocycles. The molecule has 1 N–H and O–H groups in total. The Hall–Kier alpha value is -0.120. The second kappa shape index (κ2) is 4.60. The molecule has 1 aliphatic heterocycles. The molecule has 0 aromatic heterocycles. The molecule has 2 rings (SSSR count). The average molecular weight is 198 g/mol. The zero-order valence-electron chi connectivity index (χ0n) is 9.33. The largest absolute Gasteiger partial charge is 0.381 e. The lowest BCUT2D eigenvalue weighted by Crippen LogP contribution is -2.53. The first kappa shape index (κ1) is 10.4. The molecular weight excluding hydrogens is 176 g/mol. The molecule has 1 aliphatic carbocycles. The number of hydrogen-bond donors (Lipinski definition) is 1. The van der Waals surface area contributed by atoms with Gasteiger partial charge in [0, 0.05) is 38.8 Å². The van der Waals surface area contributed by atoms with E-state index in [2.05, 4.69) is 17.1 Å². The molecule has 3 unspecified atom stereocenters. The summed E-state index contributed by atoms with van der Waals surface area (Å²) in [6.07, 6.45) is 4.32. The molecule has 3 heteroatoms. The van der Waals surface area contributed by atoms with Crippen LogP contribution in [-0.4, -0.2) is 49.8 Å². The summed E-state index contributed by atoms with van der Waals surface area (Å²) in [6.45, 7) is 5.83. The fraction of sp³-hybridized carbons (Fsp3) is 1.00. The van der Waals surface area contributed by atoms with Gasteiger partial charge in [-0.1, -0.05) is 0 Å². The van der Waals surface area contributed by atoms with Crippen LogP contribution >= 0.6 is 0 Å². The predicted molar refractivity (Wildman–Crippen MR) is 57.5 cm³/mol.